The summed E-state index contributed by atoms with van der Waals surface area (Å²) in [4.78, 5) is 23.6. The van der Waals surface area contributed by atoms with E-state index in [9.17, 15) is 4.79 Å². The number of ether oxygens (including phenoxy) is 1. The lowest BCUT2D eigenvalue weighted by molar-refractivity contribution is -0.115. The van der Waals surface area contributed by atoms with Crippen molar-refractivity contribution in [3.05, 3.63) is 35.4 Å². The van der Waals surface area contributed by atoms with Crippen molar-refractivity contribution in [3.63, 3.8) is 0 Å². The molecule has 30 heavy (non-hydrogen) atoms. The van der Waals surface area contributed by atoms with E-state index in [4.69, 9.17) is 25.5 Å². The maximum atomic E-state index is 12.6. The zero-order chi connectivity index (χ0) is 30.6. The number of carbonyl (C=O) groups is 1. The number of rotatable bonds is 8. The van der Waals surface area contributed by atoms with Gasteiger partial charge in [-0.15, -0.1) is 0 Å². The Bertz CT molecular complexity index is 1300. The maximum absolute atomic E-state index is 12.6. The Labute approximate surface area is 192 Å². The SMILES string of the molecule is [2H]C1([2H])C(=O)Nc2c(N)nc(OC([2H])([2H])C([2H])([2H])C([2H])([2H])C([2H])([2H])[2H])nc2N1Cc1ccc(CN2CCCC2)cc1. The largest absolute Gasteiger partial charge is 0.463 e. The number of anilines is 3. The molecular formula is C22H30N6O2. The first-order chi connectivity index (χ1) is 18.8. The number of nitrogens with two attached hydrogens (primary N) is 1. The van der Waals surface area contributed by atoms with Gasteiger partial charge < -0.3 is 20.7 Å². The van der Waals surface area contributed by atoms with Crippen molar-refractivity contribution in [1.82, 2.24) is 14.9 Å². The molecule has 1 saturated heterocycles. The lowest BCUT2D eigenvalue weighted by atomic mass is 10.1. The van der Waals surface area contributed by atoms with Crippen molar-refractivity contribution in [2.45, 2.75) is 45.5 Å². The average molecular weight is 422 g/mol. The van der Waals surface area contributed by atoms with Crippen molar-refractivity contribution in [2.24, 2.45) is 0 Å². The van der Waals surface area contributed by atoms with Crippen LogP contribution in [0.1, 0.15) is 58.6 Å². The number of nitrogens with zero attached hydrogens (tertiary/aromatic N) is 4. The van der Waals surface area contributed by atoms with Gasteiger partial charge in [0.15, 0.2) is 11.6 Å². The second kappa shape index (κ2) is 9.30. The maximum Gasteiger partial charge on any atom is 0.320 e. The Morgan fingerprint density at radius 2 is 1.97 bits per heavy atom. The third kappa shape index (κ3) is 4.81. The van der Waals surface area contributed by atoms with Crippen LogP contribution >= 0.6 is 0 Å². The number of benzene rings is 1. The molecule has 2 aliphatic heterocycles. The van der Waals surface area contributed by atoms with E-state index in [0.717, 1.165) is 42.9 Å². The summed E-state index contributed by atoms with van der Waals surface area (Å²) in [5.74, 6) is -1.82. The summed E-state index contributed by atoms with van der Waals surface area (Å²) in [6, 6.07) is 6.42. The molecule has 160 valence electrons. The quantitative estimate of drug-likeness (QED) is 0.676. The number of likely N-dealkylation sites (tertiary alicyclic amines) is 1. The van der Waals surface area contributed by atoms with E-state index >= 15 is 0 Å². The number of nitrogen functional groups attached to an aromatic ring is 1. The Balaban J connectivity index is 1.66. The van der Waals surface area contributed by atoms with Gasteiger partial charge in [-0.3, -0.25) is 9.69 Å². The molecule has 1 aromatic heterocycles. The van der Waals surface area contributed by atoms with Crippen LogP contribution < -0.4 is 20.7 Å². The van der Waals surface area contributed by atoms with E-state index in [-0.39, 0.29) is 18.1 Å². The minimum absolute atomic E-state index is 0.178. The van der Waals surface area contributed by atoms with Crippen molar-refractivity contribution in [3.8, 4) is 6.01 Å². The van der Waals surface area contributed by atoms with Crippen molar-refractivity contribution < 1.29 is 24.6 Å². The highest BCUT2D eigenvalue weighted by Gasteiger charge is 2.27. The molecule has 0 spiro atoms. The number of fused-ring (bicyclic) bond motifs is 1. The van der Waals surface area contributed by atoms with E-state index in [1.165, 1.54) is 0 Å². The number of hydrogen-bond donors (Lipinski definition) is 2. The summed E-state index contributed by atoms with van der Waals surface area (Å²) in [7, 11) is 0. The van der Waals surface area contributed by atoms with Crippen LogP contribution in [0.3, 0.4) is 0 Å². The Morgan fingerprint density at radius 1 is 1.23 bits per heavy atom. The molecule has 1 fully saturated rings. The first-order valence-electron chi connectivity index (χ1n) is 15.0. The molecule has 2 aliphatic rings. The van der Waals surface area contributed by atoms with Crippen molar-refractivity contribution >= 4 is 23.2 Å². The van der Waals surface area contributed by atoms with Crippen LogP contribution in [-0.2, 0) is 17.9 Å². The molecule has 0 bridgehead atoms. The van der Waals surface area contributed by atoms with Gasteiger partial charge in [0.1, 0.15) is 5.69 Å². The minimum Gasteiger partial charge on any atom is -0.463 e. The summed E-state index contributed by atoms with van der Waals surface area (Å²) in [5, 5.41) is 2.28. The van der Waals surface area contributed by atoms with Crippen molar-refractivity contribution in [2.75, 3.05) is 42.1 Å². The van der Waals surface area contributed by atoms with Crippen LogP contribution in [0, 0.1) is 0 Å². The fraction of sp³-hybridized carbons (Fsp3) is 0.500. The normalized spacial score (nSPS) is 25.4. The summed E-state index contributed by atoms with van der Waals surface area (Å²) >= 11 is 0. The third-order valence-corrected chi connectivity index (χ3v) is 4.85. The second-order valence-electron chi connectivity index (χ2n) is 7.00. The predicted octanol–water partition coefficient (Wildman–Crippen LogP) is 2.79. The van der Waals surface area contributed by atoms with Gasteiger partial charge >= 0.3 is 6.01 Å². The highest BCUT2D eigenvalue weighted by Crippen LogP contribution is 2.34. The summed E-state index contributed by atoms with van der Waals surface area (Å²) in [6.07, 6.45) is -5.13. The Hall–Kier alpha value is -2.87. The van der Waals surface area contributed by atoms with E-state index in [1.807, 2.05) is 12.1 Å². The molecule has 3 N–H and O–H groups in total. The number of amides is 1. The van der Waals surface area contributed by atoms with Gasteiger partial charge in [-0.05, 0) is 43.4 Å². The molecule has 0 saturated carbocycles. The van der Waals surface area contributed by atoms with Crippen LogP contribution in [-0.4, -0.2) is 46.9 Å². The molecular weight excluding hydrogens is 380 g/mol. The fourth-order valence-corrected chi connectivity index (χ4v) is 3.47. The van der Waals surface area contributed by atoms with Gasteiger partial charge in [0, 0.05) is 22.7 Å². The zero-order valence-electron chi connectivity index (χ0n) is 27.2. The molecule has 1 amide bonds. The van der Waals surface area contributed by atoms with Gasteiger partial charge in [-0.25, -0.2) is 0 Å². The highest BCUT2D eigenvalue weighted by atomic mass is 16.5. The summed E-state index contributed by atoms with van der Waals surface area (Å²) in [5.41, 5.74) is 7.43. The van der Waals surface area contributed by atoms with Crippen molar-refractivity contribution in [1.29, 1.82) is 0 Å². The van der Waals surface area contributed by atoms with Crippen LogP contribution in [0.4, 0.5) is 17.3 Å². The minimum atomic E-state index is -3.74. The molecule has 0 aliphatic carbocycles. The molecule has 0 atom stereocenters. The Morgan fingerprint density at radius 3 is 2.70 bits per heavy atom. The van der Waals surface area contributed by atoms with Crippen LogP contribution in [0.25, 0.3) is 0 Å². The first-order valence-corrected chi connectivity index (χ1v) is 9.54. The van der Waals surface area contributed by atoms with E-state index in [2.05, 4.69) is 20.2 Å². The highest BCUT2D eigenvalue weighted by molar-refractivity contribution is 6.03. The van der Waals surface area contributed by atoms with Crippen LogP contribution in [0.5, 0.6) is 6.01 Å². The molecule has 1 aromatic carbocycles. The number of carbonyl (C=O) groups excluding carboxylic acids is 1. The van der Waals surface area contributed by atoms with Gasteiger partial charge in [0.2, 0.25) is 5.91 Å². The second-order valence-corrected chi connectivity index (χ2v) is 7.00. The Kier molecular flexibility index (Phi) is 3.39. The van der Waals surface area contributed by atoms with E-state index in [0.29, 0.717) is 5.56 Å². The topological polar surface area (TPSA) is 96.6 Å². The number of aromatic nitrogens is 2. The molecule has 0 unspecified atom stereocenters. The summed E-state index contributed by atoms with van der Waals surface area (Å²) in [6.45, 7) is -7.20. The zero-order valence-corrected chi connectivity index (χ0v) is 16.2. The van der Waals surface area contributed by atoms with E-state index in [1.54, 1.807) is 12.1 Å². The van der Waals surface area contributed by atoms with Gasteiger partial charge in [-0.1, -0.05) is 37.5 Å². The average Bonchev–Trinajstić information content (AvgIpc) is 3.36. The lowest BCUT2D eigenvalue weighted by Gasteiger charge is -2.30. The van der Waals surface area contributed by atoms with Crippen LogP contribution in [0.15, 0.2) is 24.3 Å². The van der Waals surface area contributed by atoms with Gasteiger partial charge in [0.25, 0.3) is 0 Å². The molecule has 3 heterocycles. The standard InChI is InChI=1S/C22H30N6O2/c1-2-3-12-30-22-25-20(23)19-21(26-22)28(15-18(29)24-19)14-17-8-6-16(7-9-17)13-27-10-4-5-11-27/h6-9H,2-5,10-15H2,1H3,(H,24,29)(H2,23,25,26)/i1D3,2D2,3D2,12D2,15D2. The fourth-order valence-electron chi connectivity index (χ4n) is 3.47. The smallest absolute Gasteiger partial charge is 0.320 e. The van der Waals surface area contributed by atoms with E-state index < -0.39 is 50.4 Å². The van der Waals surface area contributed by atoms with Crippen LogP contribution in [0.2, 0.25) is 0 Å². The lowest BCUT2D eigenvalue weighted by Crippen LogP contribution is -2.39. The summed E-state index contributed by atoms with van der Waals surface area (Å²) < 4.78 is 91.3. The third-order valence-electron chi connectivity index (χ3n) is 4.85. The number of hydrogen-bond acceptors (Lipinski definition) is 7. The predicted molar refractivity (Wildman–Crippen MR) is 117 cm³/mol. The van der Waals surface area contributed by atoms with Gasteiger partial charge in [0.05, 0.1) is 18.5 Å². The molecule has 8 nitrogen and oxygen atoms in total. The molecule has 0 radical (unpaired) electrons. The molecule has 8 heteroatoms. The monoisotopic (exact) mass is 421 g/mol. The number of nitrogens with one attached hydrogen (secondary N) is 1. The molecule has 4 rings (SSSR count). The molecule has 2 aromatic rings. The first kappa shape index (κ1) is 10.9. The van der Waals surface area contributed by atoms with Gasteiger partial charge in [-0.2, -0.15) is 9.97 Å².